The first-order chi connectivity index (χ1) is 16.6. The van der Waals surface area contributed by atoms with Crippen LogP contribution in [0.15, 0.2) is 69.6 Å². The average Bonchev–Trinajstić information content (AvgIpc) is 3.16. The van der Waals surface area contributed by atoms with E-state index in [1.165, 1.54) is 4.68 Å². The van der Waals surface area contributed by atoms with E-state index in [-0.39, 0.29) is 5.69 Å². The molecule has 0 unspecified atom stereocenters. The SMILES string of the molecule is Cc1ccc(NC(=O)C(=O)Nn2c(C(=O)Nc3cccc(Cl)c3C)cc3cc(Br)ccc32)c(Br)c1. The first kappa shape index (κ1) is 25.0. The molecule has 0 aliphatic heterocycles. The third kappa shape index (κ3) is 5.42. The standard InChI is InChI=1S/C25H19Br2ClN4O3/c1-13-6-8-20(17(27)10-13)30-24(34)25(35)31-32-21-9-7-16(26)11-15(21)12-22(32)23(33)29-19-5-3-4-18(28)14(19)2/h3-12H,1-2H3,(H,29,33)(H,30,34)(H,31,35). The minimum absolute atomic E-state index is 0.134. The van der Waals surface area contributed by atoms with Gasteiger partial charge in [0.05, 0.1) is 11.2 Å². The fraction of sp³-hybridized carbons (Fsp3) is 0.0800. The van der Waals surface area contributed by atoms with E-state index in [4.69, 9.17) is 11.6 Å². The predicted molar refractivity (Wildman–Crippen MR) is 146 cm³/mol. The van der Waals surface area contributed by atoms with Crippen LogP contribution in [0.5, 0.6) is 0 Å². The molecule has 1 aromatic heterocycles. The highest BCUT2D eigenvalue weighted by molar-refractivity contribution is 9.10. The molecule has 0 saturated carbocycles. The van der Waals surface area contributed by atoms with E-state index in [9.17, 15) is 14.4 Å². The van der Waals surface area contributed by atoms with Crippen molar-refractivity contribution in [3.63, 3.8) is 0 Å². The summed E-state index contributed by atoms with van der Waals surface area (Å²) in [5, 5.41) is 6.60. The van der Waals surface area contributed by atoms with Gasteiger partial charge in [0.2, 0.25) is 0 Å². The van der Waals surface area contributed by atoms with E-state index in [0.717, 1.165) is 10.0 Å². The molecule has 3 aromatic carbocycles. The Morgan fingerprint density at radius 1 is 0.857 bits per heavy atom. The van der Waals surface area contributed by atoms with Crippen LogP contribution in [0, 0.1) is 13.8 Å². The lowest BCUT2D eigenvalue weighted by Crippen LogP contribution is -2.36. The summed E-state index contributed by atoms with van der Waals surface area (Å²) in [5.41, 5.74) is 5.91. The highest BCUT2D eigenvalue weighted by Gasteiger charge is 2.22. The van der Waals surface area contributed by atoms with Crippen LogP contribution in [-0.2, 0) is 9.59 Å². The van der Waals surface area contributed by atoms with Crippen molar-refractivity contribution in [2.45, 2.75) is 13.8 Å². The molecule has 35 heavy (non-hydrogen) atoms. The molecule has 4 aromatic rings. The number of amides is 3. The van der Waals surface area contributed by atoms with Crippen LogP contribution in [0.4, 0.5) is 11.4 Å². The fourth-order valence-corrected chi connectivity index (χ4v) is 4.60. The fourth-order valence-electron chi connectivity index (χ4n) is 3.46. The van der Waals surface area contributed by atoms with Crippen molar-refractivity contribution in [1.29, 1.82) is 0 Å². The van der Waals surface area contributed by atoms with Crippen LogP contribution < -0.4 is 16.1 Å². The number of nitrogens with one attached hydrogen (secondary N) is 3. The molecule has 10 heteroatoms. The number of carbonyl (C=O) groups excluding carboxylic acids is 3. The van der Waals surface area contributed by atoms with Crippen molar-refractivity contribution < 1.29 is 14.4 Å². The minimum atomic E-state index is -0.939. The Kier molecular flexibility index (Phi) is 7.30. The molecule has 0 spiro atoms. The smallest absolute Gasteiger partial charge is 0.320 e. The number of aryl methyl sites for hydroxylation is 1. The van der Waals surface area contributed by atoms with Gasteiger partial charge in [-0.05, 0) is 89.4 Å². The second kappa shape index (κ2) is 10.2. The molecular formula is C25H19Br2ClN4O3. The van der Waals surface area contributed by atoms with Crippen molar-refractivity contribution in [3.8, 4) is 0 Å². The zero-order chi connectivity index (χ0) is 25.3. The number of fused-ring (bicyclic) bond motifs is 1. The second-order valence-electron chi connectivity index (χ2n) is 7.81. The van der Waals surface area contributed by atoms with E-state index in [1.54, 1.807) is 49.4 Å². The van der Waals surface area contributed by atoms with Gasteiger partial charge >= 0.3 is 11.8 Å². The largest absolute Gasteiger partial charge is 0.328 e. The summed E-state index contributed by atoms with van der Waals surface area (Å²) in [6.07, 6.45) is 0. The molecule has 0 aliphatic rings. The lowest BCUT2D eigenvalue weighted by Gasteiger charge is -2.14. The van der Waals surface area contributed by atoms with Gasteiger partial charge in [-0.3, -0.25) is 19.8 Å². The molecule has 0 aliphatic carbocycles. The van der Waals surface area contributed by atoms with Crippen LogP contribution in [0.2, 0.25) is 5.02 Å². The second-order valence-corrected chi connectivity index (χ2v) is 9.99. The molecule has 4 rings (SSSR count). The summed E-state index contributed by atoms with van der Waals surface area (Å²) in [6, 6.07) is 17.5. The molecule has 1 heterocycles. The molecule has 3 amide bonds. The van der Waals surface area contributed by atoms with Gasteiger partial charge < -0.3 is 10.6 Å². The van der Waals surface area contributed by atoms with E-state index in [0.29, 0.717) is 37.3 Å². The molecule has 178 valence electrons. The summed E-state index contributed by atoms with van der Waals surface area (Å²) in [7, 11) is 0. The van der Waals surface area contributed by atoms with E-state index in [1.807, 2.05) is 25.1 Å². The number of nitrogens with zero attached hydrogens (tertiary/aromatic N) is 1. The summed E-state index contributed by atoms with van der Waals surface area (Å²) in [4.78, 5) is 38.7. The molecule has 3 N–H and O–H groups in total. The quantitative estimate of drug-likeness (QED) is 0.231. The lowest BCUT2D eigenvalue weighted by molar-refractivity contribution is -0.133. The number of benzene rings is 3. The van der Waals surface area contributed by atoms with Gasteiger partial charge in [-0.2, -0.15) is 0 Å². The zero-order valence-corrected chi connectivity index (χ0v) is 22.5. The Balaban J connectivity index is 1.65. The Labute approximate surface area is 223 Å². The predicted octanol–water partition coefficient (Wildman–Crippen LogP) is 6.40. The molecular weight excluding hydrogens is 600 g/mol. The van der Waals surface area contributed by atoms with Crippen LogP contribution >= 0.6 is 43.5 Å². The van der Waals surface area contributed by atoms with Gasteiger partial charge in [0.25, 0.3) is 5.91 Å². The number of hydrogen-bond acceptors (Lipinski definition) is 3. The van der Waals surface area contributed by atoms with Crippen LogP contribution in [0.3, 0.4) is 0 Å². The average molecular weight is 619 g/mol. The van der Waals surface area contributed by atoms with Gasteiger partial charge in [0.15, 0.2) is 0 Å². The highest BCUT2D eigenvalue weighted by atomic mass is 79.9. The van der Waals surface area contributed by atoms with Gasteiger partial charge in [0.1, 0.15) is 5.69 Å². The van der Waals surface area contributed by atoms with Gasteiger partial charge in [-0.25, -0.2) is 4.68 Å². The first-order valence-corrected chi connectivity index (χ1v) is 12.4. The summed E-state index contributed by atoms with van der Waals surface area (Å²) < 4.78 is 2.74. The maximum absolute atomic E-state index is 13.2. The molecule has 0 fully saturated rings. The number of rotatable bonds is 4. The van der Waals surface area contributed by atoms with Crippen molar-refractivity contribution in [2.24, 2.45) is 0 Å². The van der Waals surface area contributed by atoms with Crippen LogP contribution in [-0.4, -0.2) is 22.4 Å². The molecule has 7 nitrogen and oxygen atoms in total. The van der Waals surface area contributed by atoms with E-state index >= 15 is 0 Å². The number of halogens is 3. The summed E-state index contributed by atoms with van der Waals surface area (Å²) >= 11 is 13.0. The van der Waals surface area contributed by atoms with Gasteiger partial charge in [-0.15, -0.1) is 0 Å². The number of aromatic nitrogens is 1. The Bertz CT molecular complexity index is 1500. The van der Waals surface area contributed by atoms with Gasteiger partial charge in [0, 0.05) is 25.0 Å². The topological polar surface area (TPSA) is 92.2 Å². The zero-order valence-electron chi connectivity index (χ0n) is 18.6. The first-order valence-electron chi connectivity index (χ1n) is 10.4. The monoisotopic (exact) mass is 616 g/mol. The maximum Gasteiger partial charge on any atom is 0.328 e. The van der Waals surface area contributed by atoms with E-state index in [2.05, 4.69) is 47.9 Å². The molecule has 0 radical (unpaired) electrons. The number of hydrogen-bond donors (Lipinski definition) is 3. The normalized spacial score (nSPS) is 10.8. The van der Waals surface area contributed by atoms with Crippen molar-refractivity contribution >= 4 is 83.5 Å². The summed E-state index contributed by atoms with van der Waals surface area (Å²) in [5.74, 6) is -2.30. The Hall–Kier alpha value is -3.14. The highest BCUT2D eigenvalue weighted by Crippen LogP contribution is 2.27. The lowest BCUT2D eigenvalue weighted by atomic mass is 10.2. The third-order valence-corrected chi connectivity index (χ3v) is 6.86. The molecule has 0 bridgehead atoms. The van der Waals surface area contributed by atoms with E-state index < -0.39 is 17.7 Å². The van der Waals surface area contributed by atoms with Gasteiger partial charge in [-0.1, -0.05) is 39.7 Å². The number of carbonyl (C=O) groups is 3. The Morgan fingerprint density at radius 3 is 2.37 bits per heavy atom. The van der Waals surface area contributed by atoms with Crippen molar-refractivity contribution in [1.82, 2.24) is 4.68 Å². The summed E-state index contributed by atoms with van der Waals surface area (Å²) in [6.45, 7) is 3.70. The van der Waals surface area contributed by atoms with Crippen LogP contribution in [0.25, 0.3) is 10.9 Å². The Morgan fingerprint density at radius 2 is 1.63 bits per heavy atom. The maximum atomic E-state index is 13.2. The molecule has 0 saturated heterocycles. The van der Waals surface area contributed by atoms with Crippen molar-refractivity contribution in [3.05, 3.63) is 91.5 Å². The minimum Gasteiger partial charge on any atom is -0.320 e. The molecule has 0 atom stereocenters. The third-order valence-electron chi connectivity index (χ3n) is 5.30. The van der Waals surface area contributed by atoms with Crippen LogP contribution in [0.1, 0.15) is 21.6 Å². The number of anilines is 2. The van der Waals surface area contributed by atoms with Crippen molar-refractivity contribution in [2.75, 3.05) is 16.1 Å².